The van der Waals surface area contributed by atoms with E-state index < -0.39 is 28.6 Å². The highest BCUT2D eigenvalue weighted by Crippen LogP contribution is 2.66. The van der Waals surface area contributed by atoms with Crippen molar-refractivity contribution in [2.75, 3.05) is 19.7 Å². The number of carbonyl (C=O) groups is 3. The topological polar surface area (TPSA) is 98.2 Å². The first-order chi connectivity index (χ1) is 14.3. The summed E-state index contributed by atoms with van der Waals surface area (Å²) in [5, 5.41) is 18.9. The number of aliphatic carboxylic acids is 1. The Morgan fingerprint density at radius 3 is 2.77 bits per heavy atom. The monoisotopic (exact) mass is 438 g/mol. The lowest BCUT2D eigenvalue weighted by atomic mass is 9.71. The molecule has 3 saturated heterocycles. The molecule has 8 heteroatoms. The van der Waals surface area contributed by atoms with Crippen LogP contribution in [-0.4, -0.2) is 79.6 Å². The Morgan fingerprint density at radius 2 is 2.17 bits per heavy atom. The van der Waals surface area contributed by atoms with Gasteiger partial charge in [-0.15, -0.1) is 18.3 Å². The largest absolute Gasteiger partial charge is 0.481 e. The van der Waals surface area contributed by atoms with Gasteiger partial charge in [-0.3, -0.25) is 14.4 Å². The summed E-state index contributed by atoms with van der Waals surface area (Å²) in [6.07, 6.45) is 6.07. The van der Waals surface area contributed by atoms with Crippen LogP contribution in [-0.2, 0) is 14.4 Å². The van der Waals surface area contributed by atoms with Gasteiger partial charge in [0.2, 0.25) is 11.8 Å². The van der Waals surface area contributed by atoms with Crippen LogP contribution in [0.4, 0.5) is 0 Å². The molecule has 0 saturated carbocycles. The summed E-state index contributed by atoms with van der Waals surface area (Å²) >= 11 is 1.56. The number of hydrogen-bond donors (Lipinski definition) is 2. The molecule has 7 nitrogen and oxygen atoms in total. The molecule has 3 aliphatic heterocycles. The van der Waals surface area contributed by atoms with E-state index >= 15 is 0 Å². The van der Waals surface area contributed by atoms with Gasteiger partial charge in [0.25, 0.3) is 0 Å². The number of thioether (sulfide) groups is 1. The molecule has 0 aromatic heterocycles. The second-order valence-electron chi connectivity index (χ2n) is 8.77. The van der Waals surface area contributed by atoms with Gasteiger partial charge < -0.3 is 20.0 Å². The van der Waals surface area contributed by atoms with E-state index in [4.69, 9.17) is 0 Å². The highest BCUT2D eigenvalue weighted by atomic mass is 32.2. The van der Waals surface area contributed by atoms with E-state index in [2.05, 4.69) is 13.5 Å². The SMILES string of the molecule is C=CCN(C(=O)C1N(CCCCO)C(=O)[C@@H]2[C@H](C(=O)O)[C@@H]3CCC12S3)C(C)CCC. The van der Waals surface area contributed by atoms with Crippen molar-refractivity contribution >= 4 is 29.5 Å². The van der Waals surface area contributed by atoms with Crippen LogP contribution in [0, 0.1) is 11.8 Å². The average molecular weight is 439 g/mol. The van der Waals surface area contributed by atoms with Crippen LogP contribution in [0.15, 0.2) is 12.7 Å². The Morgan fingerprint density at radius 1 is 1.43 bits per heavy atom. The zero-order valence-electron chi connectivity index (χ0n) is 18.0. The predicted molar refractivity (Wildman–Crippen MR) is 116 cm³/mol. The number of likely N-dealkylation sites (tertiary alicyclic amines) is 1. The van der Waals surface area contributed by atoms with Crippen LogP contribution in [0.25, 0.3) is 0 Å². The smallest absolute Gasteiger partial charge is 0.308 e. The number of rotatable bonds is 11. The van der Waals surface area contributed by atoms with Crippen molar-refractivity contribution in [2.45, 2.75) is 74.5 Å². The second kappa shape index (κ2) is 9.30. The fourth-order valence-electron chi connectivity index (χ4n) is 5.71. The predicted octanol–water partition coefficient (Wildman–Crippen LogP) is 2.14. The number of hydrogen-bond acceptors (Lipinski definition) is 5. The zero-order valence-corrected chi connectivity index (χ0v) is 18.8. The molecule has 3 fully saturated rings. The number of carbonyl (C=O) groups excluding carboxylic acids is 2. The maximum atomic E-state index is 13.9. The molecule has 0 radical (unpaired) electrons. The average Bonchev–Trinajstić information content (AvgIpc) is 3.34. The van der Waals surface area contributed by atoms with Gasteiger partial charge in [0.05, 0.1) is 16.6 Å². The molecule has 6 atom stereocenters. The van der Waals surface area contributed by atoms with Crippen LogP contribution in [0.2, 0.25) is 0 Å². The highest BCUT2D eigenvalue weighted by molar-refractivity contribution is 8.02. The zero-order chi connectivity index (χ0) is 22.1. The molecule has 2 bridgehead atoms. The van der Waals surface area contributed by atoms with Gasteiger partial charge in [-0.05, 0) is 39.0 Å². The Bertz CT molecular complexity index is 701. The molecule has 30 heavy (non-hydrogen) atoms. The minimum atomic E-state index is -0.932. The van der Waals surface area contributed by atoms with E-state index in [0.29, 0.717) is 32.4 Å². The molecule has 2 amide bonds. The van der Waals surface area contributed by atoms with Crippen LogP contribution < -0.4 is 0 Å². The lowest BCUT2D eigenvalue weighted by molar-refractivity contribution is -0.148. The first-order valence-corrected chi connectivity index (χ1v) is 11.9. The number of amides is 2. The summed E-state index contributed by atoms with van der Waals surface area (Å²) in [5.41, 5.74) is 0. The molecular weight excluding hydrogens is 404 g/mol. The van der Waals surface area contributed by atoms with Crippen LogP contribution >= 0.6 is 11.8 Å². The van der Waals surface area contributed by atoms with Gasteiger partial charge >= 0.3 is 5.97 Å². The molecular formula is C22H34N2O5S. The van der Waals surface area contributed by atoms with E-state index in [0.717, 1.165) is 19.3 Å². The first-order valence-electron chi connectivity index (χ1n) is 11.1. The molecule has 2 N–H and O–H groups in total. The lowest BCUT2D eigenvalue weighted by Gasteiger charge is -2.39. The van der Waals surface area contributed by atoms with E-state index in [1.54, 1.807) is 22.7 Å². The number of fused-ring (bicyclic) bond motifs is 1. The Hall–Kier alpha value is -1.54. The number of nitrogens with zero attached hydrogens (tertiary/aromatic N) is 2. The lowest BCUT2D eigenvalue weighted by Crippen LogP contribution is -2.56. The van der Waals surface area contributed by atoms with Crippen molar-refractivity contribution < 1.29 is 24.6 Å². The van der Waals surface area contributed by atoms with Crippen molar-refractivity contribution in [3.63, 3.8) is 0 Å². The molecule has 3 rings (SSSR count). The molecule has 0 aliphatic carbocycles. The first kappa shape index (κ1) is 23.1. The van der Waals surface area contributed by atoms with E-state index in [1.807, 2.05) is 11.8 Å². The molecule has 168 valence electrons. The Labute approximate surface area is 182 Å². The van der Waals surface area contributed by atoms with Crippen molar-refractivity contribution in [1.82, 2.24) is 9.80 Å². The summed E-state index contributed by atoms with van der Waals surface area (Å²) in [4.78, 5) is 42.9. The molecule has 0 aromatic carbocycles. The van der Waals surface area contributed by atoms with Crippen LogP contribution in [0.3, 0.4) is 0 Å². The summed E-state index contributed by atoms with van der Waals surface area (Å²) in [7, 11) is 0. The fraction of sp³-hybridized carbons (Fsp3) is 0.773. The van der Waals surface area contributed by atoms with Crippen LogP contribution in [0.1, 0.15) is 52.4 Å². The van der Waals surface area contributed by atoms with E-state index in [9.17, 15) is 24.6 Å². The van der Waals surface area contributed by atoms with Crippen molar-refractivity contribution in [1.29, 1.82) is 0 Å². The van der Waals surface area contributed by atoms with Crippen LogP contribution in [0.5, 0.6) is 0 Å². The van der Waals surface area contributed by atoms with Crippen molar-refractivity contribution in [2.24, 2.45) is 11.8 Å². The summed E-state index contributed by atoms with van der Waals surface area (Å²) in [5.74, 6) is -2.59. The summed E-state index contributed by atoms with van der Waals surface area (Å²) in [6.45, 7) is 8.71. The van der Waals surface area contributed by atoms with Gasteiger partial charge in [-0.25, -0.2) is 0 Å². The summed E-state index contributed by atoms with van der Waals surface area (Å²) in [6, 6.07) is -0.628. The third-order valence-corrected chi connectivity index (χ3v) is 8.93. The number of aliphatic hydroxyl groups is 1. The van der Waals surface area contributed by atoms with Gasteiger partial charge in [0.15, 0.2) is 0 Å². The normalized spacial score (nSPS) is 32.9. The minimum absolute atomic E-state index is 0.0178. The van der Waals surface area contributed by atoms with Crippen molar-refractivity contribution in [3.8, 4) is 0 Å². The highest BCUT2D eigenvalue weighted by Gasteiger charge is 2.73. The third kappa shape index (κ3) is 3.66. The molecule has 1 spiro atoms. The van der Waals surface area contributed by atoms with Gasteiger partial charge in [0, 0.05) is 31.0 Å². The fourth-order valence-corrected chi connectivity index (χ4v) is 7.91. The number of carboxylic acids is 1. The standard InChI is InChI=1S/C22H34N2O5S/c1-4-8-14(3)23(11-5-2)20(27)18-22-10-9-15(30-22)16(21(28)29)17(22)19(26)24(18)12-6-7-13-25/h5,14-18,25H,2,4,6-13H2,1,3H3,(H,28,29)/t14?,15-,16+,17-,18?,22?/m0/s1. The molecule has 3 unspecified atom stereocenters. The van der Waals surface area contributed by atoms with Crippen molar-refractivity contribution in [3.05, 3.63) is 12.7 Å². The Balaban J connectivity index is 1.99. The molecule has 3 heterocycles. The quantitative estimate of drug-likeness (QED) is 0.379. The number of unbranched alkanes of at least 4 members (excludes halogenated alkanes) is 1. The van der Waals surface area contributed by atoms with Gasteiger partial charge in [-0.2, -0.15) is 0 Å². The molecule has 3 aliphatic rings. The summed E-state index contributed by atoms with van der Waals surface area (Å²) < 4.78 is -0.660. The van der Waals surface area contributed by atoms with E-state index in [1.165, 1.54) is 0 Å². The third-order valence-electron chi connectivity index (χ3n) is 6.97. The second-order valence-corrected chi connectivity index (χ2v) is 10.4. The van der Waals surface area contributed by atoms with Gasteiger partial charge in [-0.1, -0.05) is 19.4 Å². The maximum Gasteiger partial charge on any atom is 0.308 e. The Kier molecular flexibility index (Phi) is 7.17. The number of aliphatic hydroxyl groups excluding tert-OH is 1. The maximum absolute atomic E-state index is 13.9. The number of carboxylic acid groups (broad SMARTS) is 1. The van der Waals surface area contributed by atoms with Gasteiger partial charge in [0.1, 0.15) is 6.04 Å². The molecule has 0 aromatic rings. The van der Waals surface area contributed by atoms with E-state index in [-0.39, 0.29) is 29.7 Å². The minimum Gasteiger partial charge on any atom is -0.481 e.